The topological polar surface area (TPSA) is 44.5 Å². The van der Waals surface area contributed by atoms with Gasteiger partial charge in [-0.2, -0.15) is 0 Å². The molecule has 2 rings (SSSR count). The first-order chi connectivity index (χ1) is 7.29. The summed E-state index contributed by atoms with van der Waals surface area (Å²) in [5.41, 5.74) is 0.657. The molecule has 0 amide bonds. The van der Waals surface area contributed by atoms with Crippen LogP contribution in [0.5, 0.6) is 5.75 Å². The fourth-order valence-electron chi connectivity index (χ4n) is 1.53. The Hall–Kier alpha value is -1.13. The Balaban J connectivity index is 2.12. The minimum absolute atomic E-state index is 0.166. The monoisotopic (exact) mass is 211 g/mol. The van der Waals surface area contributed by atoms with Crippen molar-refractivity contribution in [3.05, 3.63) is 29.6 Å². The van der Waals surface area contributed by atoms with Gasteiger partial charge in [0.1, 0.15) is 11.6 Å². The fraction of sp³-hybridized carbons (Fsp3) is 0.455. The number of hydrogen-bond acceptors (Lipinski definition) is 3. The summed E-state index contributed by atoms with van der Waals surface area (Å²) in [7, 11) is 0. The zero-order chi connectivity index (χ0) is 10.7. The van der Waals surface area contributed by atoms with Crippen molar-refractivity contribution in [2.24, 2.45) is 5.90 Å². The van der Waals surface area contributed by atoms with Crippen LogP contribution in [0, 0.1) is 5.82 Å². The van der Waals surface area contributed by atoms with Gasteiger partial charge in [-0.15, -0.1) is 0 Å². The Labute approximate surface area is 87.9 Å². The highest BCUT2D eigenvalue weighted by molar-refractivity contribution is 5.33. The molecule has 0 aliphatic heterocycles. The van der Waals surface area contributed by atoms with E-state index in [0.717, 1.165) is 12.8 Å². The summed E-state index contributed by atoms with van der Waals surface area (Å²) >= 11 is 0. The number of ether oxygens (including phenoxy) is 1. The van der Waals surface area contributed by atoms with E-state index < -0.39 is 0 Å². The molecule has 82 valence electrons. The molecule has 1 aromatic carbocycles. The molecule has 1 aromatic rings. The van der Waals surface area contributed by atoms with Gasteiger partial charge in [0.15, 0.2) is 0 Å². The van der Waals surface area contributed by atoms with E-state index in [9.17, 15) is 4.39 Å². The van der Waals surface area contributed by atoms with Crippen molar-refractivity contribution in [1.29, 1.82) is 0 Å². The Morgan fingerprint density at radius 2 is 2.20 bits per heavy atom. The third kappa shape index (κ3) is 2.46. The molecule has 2 N–H and O–H groups in total. The van der Waals surface area contributed by atoms with E-state index in [2.05, 4.69) is 4.84 Å². The predicted octanol–water partition coefficient (Wildman–Crippen LogP) is 2.15. The second-order valence-corrected chi connectivity index (χ2v) is 3.73. The molecule has 0 unspecified atom stereocenters. The SMILES string of the molecule is NOCc1cc(F)ccc1OC1CCC1. The Morgan fingerprint density at radius 3 is 2.80 bits per heavy atom. The lowest BCUT2D eigenvalue weighted by Gasteiger charge is -2.27. The van der Waals surface area contributed by atoms with Crippen LogP contribution in [-0.4, -0.2) is 6.10 Å². The van der Waals surface area contributed by atoms with E-state index in [1.54, 1.807) is 6.07 Å². The first kappa shape index (κ1) is 10.4. The molecule has 1 saturated carbocycles. The van der Waals surface area contributed by atoms with Crippen LogP contribution in [0.4, 0.5) is 4.39 Å². The molecule has 0 radical (unpaired) electrons. The second-order valence-electron chi connectivity index (χ2n) is 3.73. The molecule has 3 nitrogen and oxygen atoms in total. The molecule has 15 heavy (non-hydrogen) atoms. The summed E-state index contributed by atoms with van der Waals surface area (Å²) in [6, 6.07) is 4.40. The number of halogens is 1. The zero-order valence-electron chi connectivity index (χ0n) is 8.41. The molecule has 0 bridgehead atoms. The van der Waals surface area contributed by atoms with E-state index >= 15 is 0 Å². The number of nitrogens with two attached hydrogens (primary N) is 1. The predicted molar refractivity (Wildman–Crippen MR) is 53.6 cm³/mol. The first-order valence-corrected chi connectivity index (χ1v) is 5.06. The summed E-state index contributed by atoms with van der Waals surface area (Å²) in [4.78, 5) is 4.51. The average molecular weight is 211 g/mol. The van der Waals surface area contributed by atoms with Gasteiger partial charge < -0.3 is 4.74 Å². The quantitative estimate of drug-likeness (QED) is 0.776. The van der Waals surface area contributed by atoms with Crippen molar-refractivity contribution in [2.45, 2.75) is 32.0 Å². The van der Waals surface area contributed by atoms with Crippen LogP contribution >= 0.6 is 0 Å². The van der Waals surface area contributed by atoms with Gasteiger partial charge in [-0.25, -0.2) is 10.3 Å². The highest BCUT2D eigenvalue weighted by Crippen LogP contribution is 2.28. The van der Waals surface area contributed by atoms with Gasteiger partial charge >= 0.3 is 0 Å². The largest absolute Gasteiger partial charge is 0.490 e. The van der Waals surface area contributed by atoms with Crippen LogP contribution in [-0.2, 0) is 11.4 Å². The van der Waals surface area contributed by atoms with E-state index in [1.165, 1.54) is 18.6 Å². The van der Waals surface area contributed by atoms with Gasteiger partial charge in [0.2, 0.25) is 0 Å². The maximum atomic E-state index is 13.0. The average Bonchev–Trinajstić information content (AvgIpc) is 2.14. The van der Waals surface area contributed by atoms with Gasteiger partial charge in [-0.1, -0.05) is 0 Å². The van der Waals surface area contributed by atoms with Crippen LogP contribution in [0.3, 0.4) is 0 Å². The van der Waals surface area contributed by atoms with Gasteiger partial charge in [0.05, 0.1) is 12.7 Å². The zero-order valence-corrected chi connectivity index (χ0v) is 8.41. The molecule has 1 aliphatic rings. The standard InChI is InChI=1S/C11H14FNO2/c12-9-4-5-11(8(6-9)7-14-13)15-10-2-1-3-10/h4-6,10H,1-3,7,13H2. The molecule has 0 saturated heterocycles. The van der Waals surface area contributed by atoms with Crippen molar-refractivity contribution < 1.29 is 14.0 Å². The van der Waals surface area contributed by atoms with Gasteiger partial charge in [-0.3, -0.25) is 4.84 Å². The van der Waals surface area contributed by atoms with Crippen molar-refractivity contribution in [1.82, 2.24) is 0 Å². The van der Waals surface area contributed by atoms with Crippen molar-refractivity contribution in [3.63, 3.8) is 0 Å². The van der Waals surface area contributed by atoms with Crippen LogP contribution < -0.4 is 10.6 Å². The molecular weight excluding hydrogens is 197 g/mol. The molecule has 0 heterocycles. The fourth-order valence-corrected chi connectivity index (χ4v) is 1.53. The summed E-state index contributed by atoms with van der Waals surface area (Å²) in [6.07, 6.45) is 3.61. The normalized spacial score (nSPS) is 16.1. The Kier molecular flexibility index (Phi) is 3.18. The molecule has 1 fully saturated rings. The maximum Gasteiger partial charge on any atom is 0.125 e. The van der Waals surface area contributed by atoms with Crippen molar-refractivity contribution in [3.8, 4) is 5.75 Å². The Morgan fingerprint density at radius 1 is 1.40 bits per heavy atom. The smallest absolute Gasteiger partial charge is 0.125 e. The lowest BCUT2D eigenvalue weighted by atomic mass is 9.96. The maximum absolute atomic E-state index is 13.0. The van der Waals surface area contributed by atoms with E-state index in [0.29, 0.717) is 11.3 Å². The lowest BCUT2D eigenvalue weighted by molar-refractivity contribution is 0.101. The number of benzene rings is 1. The summed E-state index contributed by atoms with van der Waals surface area (Å²) < 4.78 is 18.6. The third-order valence-electron chi connectivity index (χ3n) is 2.61. The molecule has 0 spiro atoms. The minimum Gasteiger partial charge on any atom is -0.490 e. The molecule has 1 aliphatic carbocycles. The number of rotatable bonds is 4. The van der Waals surface area contributed by atoms with Crippen LogP contribution in [0.25, 0.3) is 0 Å². The van der Waals surface area contributed by atoms with Gasteiger partial charge in [-0.05, 0) is 37.5 Å². The van der Waals surface area contributed by atoms with Crippen molar-refractivity contribution in [2.75, 3.05) is 0 Å². The van der Waals surface area contributed by atoms with E-state index in [1.807, 2.05) is 0 Å². The van der Waals surface area contributed by atoms with Crippen LogP contribution in [0.1, 0.15) is 24.8 Å². The molecule has 4 heteroatoms. The van der Waals surface area contributed by atoms with Gasteiger partial charge in [0.25, 0.3) is 0 Å². The molecular formula is C11H14FNO2. The Bertz CT molecular complexity index is 339. The summed E-state index contributed by atoms with van der Waals surface area (Å²) in [5, 5.41) is 0. The highest BCUT2D eigenvalue weighted by Gasteiger charge is 2.20. The van der Waals surface area contributed by atoms with Crippen molar-refractivity contribution >= 4 is 0 Å². The third-order valence-corrected chi connectivity index (χ3v) is 2.61. The van der Waals surface area contributed by atoms with Crippen LogP contribution in [0.2, 0.25) is 0 Å². The van der Waals surface area contributed by atoms with E-state index in [4.69, 9.17) is 10.6 Å². The first-order valence-electron chi connectivity index (χ1n) is 5.06. The second kappa shape index (κ2) is 4.59. The highest BCUT2D eigenvalue weighted by atomic mass is 19.1. The summed E-state index contributed by atoms with van der Waals surface area (Å²) in [5.74, 6) is 5.35. The number of hydrogen-bond donors (Lipinski definition) is 1. The summed E-state index contributed by atoms with van der Waals surface area (Å²) in [6.45, 7) is 0.166. The van der Waals surface area contributed by atoms with Crippen LogP contribution in [0.15, 0.2) is 18.2 Å². The van der Waals surface area contributed by atoms with E-state index in [-0.39, 0.29) is 18.5 Å². The lowest BCUT2D eigenvalue weighted by Crippen LogP contribution is -2.25. The minimum atomic E-state index is -0.303. The molecule has 0 aromatic heterocycles. The molecule has 0 atom stereocenters. The van der Waals surface area contributed by atoms with Gasteiger partial charge in [0, 0.05) is 5.56 Å².